The second-order valence-electron chi connectivity index (χ2n) is 4.55. The first-order chi connectivity index (χ1) is 9.08. The molecular formula is C15H21NO3. The van der Waals surface area contributed by atoms with Crippen LogP contribution in [0.25, 0.3) is 6.08 Å². The van der Waals surface area contributed by atoms with E-state index in [-0.39, 0.29) is 5.91 Å². The molecule has 0 atom stereocenters. The minimum Gasteiger partial charge on any atom is -0.496 e. The Morgan fingerprint density at radius 1 is 1.26 bits per heavy atom. The molecule has 0 aliphatic heterocycles. The standard InChI is InChI=1S/C15H21NO3/c1-11(2)10-16-15(17)9-8-12-13(18-3)6-5-7-14(12)19-4/h5-9,11H,10H2,1-4H3,(H,16,17). The monoisotopic (exact) mass is 263 g/mol. The first-order valence-corrected chi connectivity index (χ1v) is 6.25. The van der Waals surface area contributed by atoms with Crippen LogP contribution in [0.4, 0.5) is 0 Å². The van der Waals surface area contributed by atoms with Crippen LogP contribution in [0, 0.1) is 5.92 Å². The molecule has 1 rings (SSSR count). The van der Waals surface area contributed by atoms with Crippen LogP contribution in [-0.4, -0.2) is 26.7 Å². The smallest absolute Gasteiger partial charge is 0.244 e. The van der Waals surface area contributed by atoms with E-state index in [2.05, 4.69) is 5.32 Å². The first kappa shape index (κ1) is 15.1. The summed E-state index contributed by atoms with van der Waals surface area (Å²) in [6.45, 7) is 4.76. The van der Waals surface area contributed by atoms with E-state index in [1.54, 1.807) is 20.3 Å². The molecule has 0 radical (unpaired) electrons. The summed E-state index contributed by atoms with van der Waals surface area (Å²) in [5.74, 6) is 1.65. The normalized spacial score (nSPS) is 10.8. The van der Waals surface area contributed by atoms with E-state index in [0.29, 0.717) is 24.0 Å². The van der Waals surface area contributed by atoms with Gasteiger partial charge in [-0.1, -0.05) is 19.9 Å². The van der Waals surface area contributed by atoms with E-state index in [1.807, 2.05) is 32.0 Å². The Morgan fingerprint density at radius 3 is 2.32 bits per heavy atom. The van der Waals surface area contributed by atoms with Crippen molar-refractivity contribution in [2.45, 2.75) is 13.8 Å². The molecule has 0 aromatic heterocycles. The van der Waals surface area contributed by atoms with Crippen LogP contribution in [0.3, 0.4) is 0 Å². The summed E-state index contributed by atoms with van der Waals surface area (Å²) >= 11 is 0. The van der Waals surface area contributed by atoms with Gasteiger partial charge in [0.05, 0.1) is 19.8 Å². The van der Waals surface area contributed by atoms with Gasteiger partial charge in [-0.05, 0) is 24.1 Å². The van der Waals surface area contributed by atoms with Crippen LogP contribution in [0.2, 0.25) is 0 Å². The summed E-state index contributed by atoms with van der Waals surface area (Å²) in [6, 6.07) is 5.50. The second kappa shape index (κ2) is 7.46. The fourth-order valence-corrected chi connectivity index (χ4v) is 1.57. The summed E-state index contributed by atoms with van der Waals surface area (Å²) in [5, 5.41) is 2.82. The fraction of sp³-hybridized carbons (Fsp3) is 0.400. The average Bonchev–Trinajstić information content (AvgIpc) is 2.42. The molecule has 1 aromatic carbocycles. The maximum absolute atomic E-state index is 11.6. The highest BCUT2D eigenvalue weighted by Gasteiger charge is 2.07. The van der Waals surface area contributed by atoms with Gasteiger partial charge in [-0.25, -0.2) is 0 Å². The van der Waals surface area contributed by atoms with Gasteiger partial charge in [-0.3, -0.25) is 4.79 Å². The second-order valence-corrected chi connectivity index (χ2v) is 4.55. The van der Waals surface area contributed by atoms with E-state index in [0.717, 1.165) is 5.56 Å². The summed E-state index contributed by atoms with van der Waals surface area (Å²) < 4.78 is 10.5. The molecule has 4 nitrogen and oxygen atoms in total. The van der Waals surface area contributed by atoms with Crippen molar-refractivity contribution in [3.63, 3.8) is 0 Å². The quantitative estimate of drug-likeness (QED) is 0.802. The number of amides is 1. The topological polar surface area (TPSA) is 47.6 Å². The number of nitrogens with one attached hydrogen (secondary N) is 1. The molecule has 19 heavy (non-hydrogen) atoms. The zero-order valence-corrected chi connectivity index (χ0v) is 11.9. The molecule has 1 N–H and O–H groups in total. The summed E-state index contributed by atoms with van der Waals surface area (Å²) in [6.07, 6.45) is 3.19. The van der Waals surface area contributed by atoms with Crippen molar-refractivity contribution in [3.8, 4) is 11.5 Å². The van der Waals surface area contributed by atoms with Crippen LogP contribution < -0.4 is 14.8 Å². The predicted octanol–water partition coefficient (Wildman–Crippen LogP) is 2.49. The Balaban J connectivity index is 2.83. The van der Waals surface area contributed by atoms with Gasteiger partial charge in [0.1, 0.15) is 11.5 Å². The Labute approximate surface area is 114 Å². The largest absolute Gasteiger partial charge is 0.496 e. The van der Waals surface area contributed by atoms with Gasteiger partial charge < -0.3 is 14.8 Å². The van der Waals surface area contributed by atoms with Gasteiger partial charge in [-0.15, -0.1) is 0 Å². The van der Waals surface area contributed by atoms with Gasteiger partial charge in [0, 0.05) is 12.6 Å². The summed E-state index contributed by atoms with van der Waals surface area (Å²) in [4.78, 5) is 11.6. The van der Waals surface area contributed by atoms with Crippen LogP contribution in [0.5, 0.6) is 11.5 Å². The maximum atomic E-state index is 11.6. The number of rotatable bonds is 6. The lowest BCUT2D eigenvalue weighted by atomic mass is 10.1. The molecule has 0 heterocycles. The minimum absolute atomic E-state index is 0.123. The summed E-state index contributed by atoms with van der Waals surface area (Å²) in [7, 11) is 3.18. The number of benzene rings is 1. The minimum atomic E-state index is -0.123. The third-order valence-corrected chi connectivity index (χ3v) is 2.55. The molecule has 0 saturated carbocycles. The van der Waals surface area contributed by atoms with E-state index in [4.69, 9.17) is 9.47 Å². The van der Waals surface area contributed by atoms with Crippen LogP contribution in [0.1, 0.15) is 19.4 Å². The van der Waals surface area contributed by atoms with E-state index >= 15 is 0 Å². The molecule has 0 bridgehead atoms. The van der Waals surface area contributed by atoms with Crippen molar-refractivity contribution in [3.05, 3.63) is 29.8 Å². The number of hydrogen-bond acceptors (Lipinski definition) is 3. The number of methoxy groups -OCH3 is 2. The Kier molecular flexibility index (Phi) is 5.93. The predicted molar refractivity (Wildman–Crippen MR) is 76.4 cm³/mol. The highest BCUT2D eigenvalue weighted by atomic mass is 16.5. The van der Waals surface area contributed by atoms with Crippen molar-refractivity contribution in [1.29, 1.82) is 0 Å². The number of ether oxygens (including phenoxy) is 2. The van der Waals surface area contributed by atoms with Crippen LogP contribution in [0.15, 0.2) is 24.3 Å². The fourth-order valence-electron chi connectivity index (χ4n) is 1.57. The SMILES string of the molecule is COc1cccc(OC)c1C=CC(=O)NCC(C)C. The Bertz CT molecular complexity index is 430. The van der Waals surface area contributed by atoms with E-state index in [1.165, 1.54) is 6.08 Å². The van der Waals surface area contributed by atoms with Gasteiger partial charge >= 0.3 is 0 Å². The van der Waals surface area contributed by atoms with Crippen LogP contribution >= 0.6 is 0 Å². The molecule has 1 amide bonds. The van der Waals surface area contributed by atoms with Crippen molar-refractivity contribution in [2.24, 2.45) is 5.92 Å². The van der Waals surface area contributed by atoms with E-state index in [9.17, 15) is 4.79 Å². The zero-order valence-electron chi connectivity index (χ0n) is 11.9. The van der Waals surface area contributed by atoms with E-state index < -0.39 is 0 Å². The van der Waals surface area contributed by atoms with Crippen molar-refractivity contribution >= 4 is 12.0 Å². The van der Waals surface area contributed by atoms with Crippen LogP contribution in [-0.2, 0) is 4.79 Å². The molecule has 4 heteroatoms. The first-order valence-electron chi connectivity index (χ1n) is 6.25. The molecule has 0 fully saturated rings. The molecular weight excluding hydrogens is 242 g/mol. The summed E-state index contributed by atoms with van der Waals surface area (Å²) in [5.41, 5.74) is 0.757. The lowest BCUT2D eigenvalue weighted by Crippen LogP contribution is -2.25. The molecule has 104 valence electrons. The third-order valence-electron chi connectivity index (χ3n) is 2.55. The van der Waals surface area contributed by atoms with Gasteiger partial charge in [0.15, 0.2) is 0 Å². The van der Waals surface area contributed by atoms with Gasteiger partial charge in [0.25, 0.3) is 0 Å². The highest BCUT2D eigenvalue weighted by molar-refractivity contribution is 5.92. The number of hydrogen-bond donors (Lipinski definition) is 1. The number of carbonyl (C=O) groups excluding carboxylic acids is 1. The zero-order chi connectivity index (χ0) is 14.3. The van der Waals surface area contributed by atoms with Gasteiger partial charge in [0.2, 0.25) is 5.91 Å². The third kappa shape index (κ3) is 4.66. The molecule has 0 saturated heterocycles. The molecule has 1 aromatic rings. The lowest BCUT2D eigenvalue weighted by molar-refractivity contribution is -0.116. The maximum Gasteiger partial charge on any atom is 0.244 e. The number of carbonyl (C=O) groups is 1. The molecule has 0 aliphatic carbocycles. The van der Waals surface area contributed by atoms with Crippen molar-refractivity contribution in [1.82, 2.24) is 5.32 Å². The molecule has 0 spiro atoms. The lowest BCUT2D eigenvalue weighted by Gasteiger charge is -2.09. The molecule has 0 unspecified atom stereocenters. The molecule has 0 aliphatic rings. The average molecular weight is 263 g/mol. The highest BCUT2D eigenvalue weighted by Crippen LogP contribution is 2.29. The van der Waals surface area contributed by atoms with Crippen molar-refractivity contribution in [2.75, 3.05) is 20.8 Å². The van der Waals surface area contributed by atoms with Gasteiger partial charge in [-0.2, -0.15) is 0 Å². The Morgan fingerprint density at radius 2 is 1.84 bits per heavy atom. The Hall–Kier alpha value is -1.97. The van der Waals surface area contributed by atoms with Crippen molar-refractivity contribution < 1.29 is 14.3 Å².